The lowest BCUT2D eigenvalue weighted by atomic mass is 10.5. The molecule has 0 amide bonds. The second-order valence-electron chi connectivity index (χ2n) is 1.52. The van der Waals surface area contributed by atoms with Gasteiger partial charge in [0.25, 0.3) is 0 Å². The van der Waals surface area contributed by atoms with E-state index in [9.17, 15) is 4.91 Å². The minimum Gasteiger partial charge on any atom is -1.00 e. The molecule has 0 atom stereocenters. The molecule has 1 aromatic rings. The first-order valence-electron chi connectivity index (χ1n) is 2.23. The summed E-state index contributed by atoms with van der Waals surface area (Å²) in [5.41, 5.74) is 10.4. The van der Waals surface area contributed by atoms with Crippen LogP contribution in [0.3, 0.4) is 0 Å². The van der Waals surface area contributed by atoms with Gasteiger partial charge in [-0.05, 0) is 5.18 Å². The van der Waals surface area contributed by atoms with Gasteiger partial charge in [-0.2, -0.15) is 5.10 Å². The summed E-state index contributed by atoms with van der Waals surface area (Å²) in [5.74, 6) is 0.310. The summed E-state index contributed by atoms with van der Waals surface area (Å²) < 4.78 is 0. The summed E-state index contributed by atoms with van der Waals surface area (Å²) >= 11 is 0. The van der Waals surface area contributed by atoms with Crippen LogP contribution in [-0.4, -0.2) is 5.10 Å². The molecule has 6 nitrogen and oxygen atoms in total. The number of hydrogen-bond acceptors (Lipinski definition) is 4. The highest BCUT2D eigenvalue weighted by molar-refractivity contribution is 5.67. The van der Waals surface area contributed by atoms with Gasteiger partial charge in [-0.3, -0.25) is 5.73 Å². The molecule has 0 aliphatic carbocycles. The minimum absolute atomic E-state index is 0. The summed E-state index contributed by atoms with van der Waals surface area (Å²) in [4.78, 5) is 9.86. The number of H-pyrrole nitrogens is 2. The molecule has 1 aromatic heterocycles. The first-order valence-corrected chi connectivity index (χ1v) is 2.23. The van der Waals surface area contributed by atoms with E-state index >= 15 is 0 Å². The van der Waals surface area contributed by atoms with Crippen LogP contribution >= 0.6 is 0 Å². The third-order valence-electron chi connectivity index (χ3n) is 0.933. The Morgan fingerprint density at radius 3 is 2.30 bits per heavy atom. The molecule has 0 aliphatic heterocycles. The van der Waals surface area contributed by atoms with Crippen molar-refractivity contribution in [2.45, 2.75) is 0 Å². The van der Waals surface area contributed by atoms with Crippen LogP contribution in [-0.2, 0) is 0 Å². The Morgan fingerprint density at radius 1 is 1.50 bits per heavy atom. The van der Waals surface area contributed by atoms with Crippen LogP contribution in [0.25, 0.3) is 0 Å². The van der Waals surface area contributed by atoms with Crippen LogP contribution in [0.1, 0.15) is 0 Å². The number of nitrogens with one attached hydrogen (secondary N) is 2. The van der Waals surface area contributed by atoms with Gasteiger partial charge in [-0.25, -0.2) is 5.10 Å². The number of rotatable bonds is 1. The predicted octanol–water partition coefficient (Wildman–Crippen LogP) is -3.60. The molecule has 1 heterocycles. The quantitative estimate of drug-likeness (QED) is 0.372. The van der Waals surface area contributed by atoms with Crippen molar-refractivity contribution in [1.29, 1.82) is 0 Å². The second-order valence-corrected chi connectivity index (χ2v) is 1.52. The van der Waals surface area contributed by atoms with Gasteiger partial charge < -0.3 is 18.1 Å². The molecule has 0 spiro atoms. The molecule has 0 radical (unpaired) electrons. The average molecular weight is 164 g/mol. The molecule has 0 bridgehead atoms. The van der Waals surface area contributed by atoms with Crippen molar-refractivity contribution in [3.05, 3.63) is 4.91 Å². The maximum absolute atomic E-state index is 9.86. The highest BCUT2D eigenvalue weighted by Gasteiger charge is 2.11. The number of nitrogens with two attached hydrogens (primary N) is 2. The maximum Gasteiger partial charge on any atom is 0.322 e. The predicted molar refractivity (Wildman–Crippen MR) is 31.6 cm³/mol. The van der Waals surface area contributed by atoms with Gasteiger partial charge in [0.1, 0.15) is 0 Å². The standard InChI is InChI=1S/C3H5N5O.ClH/c4-2-1(8-9)3(5)7-6-2;/h(H5,4,5,6,7);1H. The number of aromatic nitrogens is 2. The number of hydrogen-bond donors (Lipinski definition) is 3. The number of aromatic amines is 2. The van der Waals surface area contributed by atoms with Crippen molar-refractivity contribution in [2.75, 3.05) is 11.5 Å². The number of nitroso groups, excluding NO2 is 1. The van der Waals surface area contributed by atoms with E-state index < -0.39 is 0 Å². The first-order chi connectivity index (χ1) is 4.25. The third kappa shape index (κ3) is 1.16. The molecule has 0 aliphatic rings. The summed E-state index contributed by atoms with van der Waals surface area (Å²) in [6.45, 7) is 0. The topological polar surface area (TPSA) is 111 Å². The normalized spacial score (nSPS) is 8.40. The average Bonchev–Trinajstić information content (AvgIpc) is 2.12. The van der Waals surface area contributed by atoms with Crippen molar-refractivity contribution in [1.82, 2.24) is 5.10 Å². The van der Waals surface area contributed by atoms with Crippen molar-refractivity contribution in [3.8, 4) is 0 Å². The van der Waals surface area contributed by atoms with Gasteiger partial charge in [0.15, 0.2) is 5.82 Å². The summed E-state index contributed by atoms with van der Waals surface area (Å²) in [5, 5.41) is 7.41. The fraction of sp³-hybridized carbons (Fsp3) is 0. The lowest BCUT2D eigenvalue weighted by molar-refractivity contribution is -0.431. The zero-order valence-electron chi connectivity index (χ0n) is 4.89. The molecular weight excluding hydrogens is 158 g/mol. The second kappa shape index (κ2) is 3.02. The van der Waals surface area contributed by atoms with E-state index in [4.69, 9.17) is 11.5 Å². The van der Waals surface area contributed by atoms with Crippen LogP contribution in [0, 0.1) is 4.91 Å². The van der Waals surface area contributed by atoms with Crippen molar-refractivity contribution in [3.63, 3.8) is 0 Å². The Labute approximate surface area is 62.4 Å². The van der Waals surface area contributed by atoms with E-state index in [0.717, 1.165) is 0 Å². The molecule has 1 rings (SSSR count). The summed E-state index contributed by atoms with van der Waals surface area (Å²) in [6.07, 6.45) is 0. The first kappa shape index (κ1) is 8.70. The zero-order valence-corrected chi connectivity index (χ0v) is 5.64. The number of halogens is 1. The number of nitrogens with zero attached hydrogens (tertiary/aromatic N) is 1. The van der Waals surface area contributed by atoms with Crippen molar-refractivity contribution >= 4 is 17.3 Å². The fourth-order valence-electron chi connectivity index (χ4n) is 0.497. The van der Waals surface area contributed by atoms with Gasteiger partial charge in [0.2, 0.25) is 5.69 Å². The smallest absolute Gasteiger partial charge is 0.322 e. The lowest BCUT2D eigenvalue weighted by Crippen LogP contribution is -3.00. The lowest BCUT2D eigenvalue weighted by Gasteiger charge is -1.77. The molecule has 0 fully saturated rings. The Bertz CT molecular complexity index is 213. The highest BCUT2D eigenvalue weighted by atomic mass is 35.5. The van der Waals surface area contributed by atoms with Gasteiger partial charge in [0.05, 0.1) is 0 Å². The van der Waals surface area contributed by atoms with Crippen molar-refractivity contribution in [2.24, 2.45) is 5.18 Å². The Hall–Kier alpha value is -1.30. The third-order valence-corrected chi connectivity index (χ3v) is 0.933. The van der Waals surface area contributed by atoms with E-state index in [1.54, 1.807) is 0 Å². The highest BCUT2D eigenvalue weighted by Crippen LogP contribution is 2.21. The Balaban J connectivity index is 0.000000810. The van der Waals surface area contributed by atoms with Crippen molar-refractivity contribution < 1.29 is 17.5 Å². The zero-order chi connectivity index (χ0) is 6.85. The molecule has 56 valence electrons. The van der Waals surface area contributed by atoms with Crippen LogP contribution < -0.4 is 29.0 Å². The number of nitrogen functional groups attached to an aromatic ring is 2. The SMILES string of the molecule is Nc1[nH][nH+]c(N)c1N=O.[Cl-]. The van der Waals surface area contributed by atoms with Crippen LogP contribution in [0.15, 0.2) is 5.18 Å². The fourth-order valence-corrected chi connectivity index (χ4v) is 0.497. The summed E-state index contributed by atoms with van der Waals surface area (Å²) in [6, 6.07) is 0. The Kier molecular flexibility index (Phi) is 2.63. The monoisotopic (exact) mass is 163 g/mol. The van der Waals surface area contributed by atoms with E-state index in [0.29, 0.717) is 0 Å². The van der Waals surface area contributed by atoms with Crippen LogP contribution in [0.5, 0.6) is 0 Å². The van der Waals surface area contributed by atoms with Crippen LogP contribution in [0.2, 0.25) is 0 Å². The molecule has 0 aromatic carbocycles. The van der Waals surface area contributed by atoms with E-state index in [2.05, 4.69) is 15.4 Å². The molecule has 10 heavy (non-hydrogen) atoms. The molecule has 6 N–H and O–H groups in total. The molecular formula is C3H6ClN5O. The minimum atomic E-state index is 0. The number of anilines is 2. The van der Waals surface area contributed by atoms with Gasteiger partial charge in [-0.15, -0.1) is 4.91 Å². The van der Waals surface area contributed by atoms with Crippen LogP contribution in [0.4, 0.5) is 17.3 Å². The van der Waals surface area contributed by atoms with Gasteiger partial charge in [0, 0.05) is 0 Å². The molecule has 0 unspecified atom stereocenters. The molecule has 0 saturated carbocycles. The maximum atomic E-state index is 9.86. The van der Waals surface area contributed by atoms with Gasteiger partial charge in [-0.1, -0.05) is 0 Å². The summed E-state index contributed by atoms with van der Waals surface area (Å²) in [7, 11) is 0. The molecule has 7 heteroatoms. The molecule has 0 saturated heterocycles. The largest absolute Gasteiger partial charge is 1.00 e. The van der Waals surface area contributed by atoms with E-state index in [-0.39, 0.29) is 29.7 Å². The van der Waals surface area contributed by atoms with E-state index in [1.165, 1.54) is 0 Å². The Morgan fingerprint density at radius 2 is 2.10 bits per heavy atom. The van der Waals surface area contributed by atoms with E-state index in [1.807, 2.05) is 0 Å². The van der Waals surface area contributed by atoms with Gasteiger partial charge >= 0.3 is 5.82 Å².